The Labute approximate surface area is 61.2 Å². The molecular weight excluding hydrogens is 150 g/mol. The van der Waals surface area contributed by atoms with Gasteiger partial charge >= 0.3 is 0 Å². The molecule has 10 heavy (non-hydrogen) atoms. The molecule has 4 heteroatoms. The Balaban J connectivity index is 2.41. The maximum atomic E-state index is 10.6. The molecule has 0 bridgehead atoms. The van der Waals surface area contributed by atoms with E-state index in [0.717, 1.165) is 12.8 Å². The molecule has 0 heterocycles. The molecule has 0 aromatic carbocycles. The largest absolute Gasteiger partial charge is 0.213 e. The van der Waals surface area contributed by atoms with Crippen LogP contribution in [-0.2, 0) is 10.0 Å². The van der Waals surface area contributed by atoms with Crippen molar-refractivity contribution in [3.63, 3.8) is 0 Å². The maximum absolute atomic E-state index is 10.6. The standard InChI is InChI=1S/C6H11NO2S/c1-10(8,9)7-6-4-2-3-5-6/h2-3,6-7H,4-5H2,1H3. The van der Waals surface area contributed by atoms with Crippen LogP contribution in [0.5, 0.6) is 0 Å². The van der Waals surface area contributed by atoms with E-state index in [-0.39, 0.29) is 6.04 Å². The fourth-order valence-electron chi connectivity index (χ4n) is 1.02. The first kappa shape index (κ1) is 7.75. The van der Waals surface area contributed by atoms with Gasteiger partial charge < -0.3 is 0 Å². The summed E-state index contributed by atoms with van der Waals surface area (Å²) >= 11 is 0. The van der Waals surface area contributed by atoms with Crippen molar-refractivity contribution in [2.24, 2.45) is 0 Å². The van der Waals surface area contributed by atoms with E-state index in [0.29, 0.717) is 0 Å². The molecule has 1 aliphatic carbocycles. The Morgan fingerprint density at radius 2 is 1.90 bits per heavy atom. The smallest absolute Gasteiger partial charge is 0.208 e. The van der Waals surface area contributed by atoms with E-state index in [1.165, 1.54) is 6.26 Å². The van der Waals surface area contributed by atoms with Crippen LogP contribution in [0.3, 0.4) is 0 Å². The third kappa shape index (κ3) is 2.49. The zero-order valence-electron chi connectivity index (χ0n) is 5.87. The fourth-order valence-corrected chi connectivity index (χ4v) is 1.81. The molecule has 0 aliphatic heterocycles. The highest BCUT2D eigenvalue weighted by atomic mass is 32.2. The van der Waals surface area contributed by atoms with Crippen molar-refractivity contribution < 1.29 is 8.42 Å². The van der Waals surface area contributed by atoms with Crippen molar-refractivity contribution in [2.45, 2.75) is 18.9 Å². The second kappa shape index (κ2) is 2.72. The Kier molecular flexibility index (Phi) is 2.11. The van der Waals surface area contributed by atoms with Gasteiger partial charge in [-0.2, -0.15) is 0 Å². The van der Waals surface area contributed by atoms with Crippen LogP contribution in [0.4, 0.5) is 0 Å². The summed E-state index contributed by atoms with van der Waals surface area (Å²) in [5.41, 5.74) is 0. The Hall–Kier alpha value is -0.350. The summed E-state index contributed by atoms with van der Waals surface area (Å²) in [6.45, 7) is 0. The van der Waals surface area contributed by atoms with E-state index in [4.69, 9.17) is 0 Å². The van der Waals surface area contributed by atoms with Gasteiger partial charge in [-0.25, -0.2) is 13.1 Å². The van der Waals surface area contributed by atoms with Crippen LogP contribution in [0.1, 0.15) is 12.8 Å². The first-order chi connectivity index (χ1) is 4.58. The molecule has 0 saturated heterocycles. The van der Waals surface area contributed by atoms with Gasteiger partial charge in [-0.1, -0.05) is 12.2 Å². The highest BCUT2D eigenvalue weighted by Gasteiger charge is 2.13. The lowest BCUT2D eigenvalue weighted by Gasteiger charge is -2.08. The normalized spacial score (nSPS) is 20.1. The third-order valence-electron chi connectivity index (χ3n) is 1.39. The lowest BCUT2D eigenvalue weighted by atomic mass is 10.3. The van der Waals surface area contributed by atoms with E-state index in [1.807, 2.05) is 12.2 Å². The summed E-state index contributed by atoms with van der Waals surface area (Å²) < 4.78 is 23.8. The van der Waals surface area contributed by atoms with Crippen molar-refractivity contribution in [1.29, 1.82) is 0 Å². The van der Waals surface area contributed by atoms with Crippen LogP contribution in [-0.4, -0.2) is 20.7 Å². The van der Waals surface area contributed by atoms with E-state index < -0.39 is 10.0 Å². The predicted molar refractivity (Wildman–Crippen MR) is 40.1 cm³/mol. The quantitative estimate of drug-likeness (QED) is 0.590. The van der Waals surface area contributed by atoms with Gasteiger partial charge in [0.15, 0.2) is 0 Å². The fraction of sp³-hybridized carbons (Fsp3) is 0.667. The van der Waals surface area contributed by atoms with E-state index in [1.54, 1.807) is 0 Å². The zero-order valence-corrected chi connectivity index (χ0v) is 6.69. The van der Waals surface area contributed by atoms with Crippen LogP contribution < -0.4 is 4.72 Å². The molecule has 0 saturated carbocycles. The van der Waals surface area contributed by atoms with Gasteiger partial charge in [-0.3, -0.25) is 0 Å². The first-order valence-corrected chi connectivity index (χ1v) is 5.09. The Morgan fingerprint density at radius 1 is 1.40 bits per heavy atom. The third-order valence-corrected chi connectivity index (χ3v) is 2.15. The molecule has 0 amide bonds. The average molecular weight is 161 g/mol. The van der Waals surface area contributed by atoms with E-state index in [9.17, 15) is 8.42 Å². The minimum atomic E-state index is -3.00. The van der Waals surface area contributed by atoms with Crippen LogP contribution in [0.2, 0.25) is 0 Å². The molecule has 0 unspecified atom stereocenters. The Morgan fingerprint density at radius 3 is 2.30 bits per heavy atom. The molecule has 0 fully saturated rings. The number of sulfonamides is 1. The van der Waals surface area contributed by atoms with Crippen LogP contribution in [0.15, 0.2) is 12.2 Å². The van der Waals surface area contributed by atoms with Crippen molar-refractivity contribution in [1.82, 2.24) is 4.72 Å². The lowest BCUT2D eigenvalue weighted by molar-refractivity contribution is 0.563. The summed E-state index contributed by atoms with van der Waals surface area (Å²) in [4.78, 5) is 0. The second-order valence-electron chi connectivity index (χ2n) is 2.53. The molecule has 1 aliphatic rings. The molecule has 0 aromatic rings. The van der Waals surface area contributed by atoms with Crippen molar-refractivity contribution in [3.05, 3.63) is 12.2 Å². The van der Waals surface area contributed by atoms with Gasteiger partial charge in [0.05, 0.1) is 6.26 Å². The molecule has 0 atom stereocenters. The molecule has 1 N–H and O–H groups in total. The second-order valence-corrected chi connectivity index (χ2v) is 4.31. The minimum Gasteiger partial charge on any atom is -0.213 e. The average Bonchev–Trinajstić information content (AvgIpc) is 2.12. The van der Waals surface area contributed by atoms with Gasteiger partial charge in [0.2, 0.25) is 10.0 Å². The zero-order chi connectivity index (χ0) is 7.61. The summed E-state index contributed by atoms with van der Waals surface area (Å²) in [5, 5.41) is 0. The molecular formula is C6H11NO2S. The van der Waals surface area contributed by atoms with Crippen LogP contribution in [0, 0.1) is 0 Å². The molecule has 3 nitrogen and oxygen atoms in total. The van der Waals surface area contributed by atoms with E-state index >= 15 is 0 Å². The highest BCUT2D eigenvalue weighted by Crippen LogP contribution is 2.09. The number of rotatable bonds is 2. The van der Waals surface area contributed by atoms with Crippen molar-refractivity contribution >= 4 is 10.0 Å². The molecule has 58 valence electrons. The molecule has 0 radical (unpaired) electrons. The monoisotopic (exact) mass is 161 g/mol. The summed E-state index contributed by atoms with van der Waals surface area (Å²) in [7, 11) is -3.00. The topological polar surface area (TPSA) is 46.2 Å². The molecule has 0 aromatic heterocycles. The van der Waals surface area contributed by atoms with Gasteiger partial charge in [-0.15, -0.1) is 0 Å². The molecule has 1 rings (SSSR count). The lowest BCUT2D eigenvalue weighted by Crippen LogP contribution is -2.31. The van der Waals surface area contributed by atoms with Gasteiger partial charge in [0.25, 0.3) is 0 Å². The van der Waals surface area contributed by atoms with Crippen molar-refractivity contribution in [3.8, 4) is 0 Å². The SMILES string of the molecule is CS(=O)(=O)NC1CC=CC1. The van der Waals surface area contributed by atoms with Crippen molar-refractivity contribution in [2.75, 3.05) is 6.26 Å². The molecule has 0 spiro atoms. The van der Waals surface area contributed by atoms with Crippen LogP contribution >= 0.6 is 0 Å². The van der Waals surface area contributed by atoms with Crippen LogP contribution in [0.25, 0.3) is 0 Å². The number of hydrogen-bond donors (Lipinski definition) is 1. The van der Waals surface area contributed by atoms with E-state index in [2.05, 4.69) is 4.72 Å². The number of nitrogens with one attached hydrogen (secondary N) is 1. The van der Waals surface area contributed by atoms with Gasteiger partial charge in [0, 0.05) is 6.04 Å². The Bertz CT molecular complexity index is 222. The number of hydrogen-bond acceptors (Lipinski definition) is 2. The minimum absolute atomic E-state index is 0.106. The summed E-state index contributed by atoms with van der Waals surface area (Å²) in [6, 6.07) is 0.106. The predicted octanol–water partition coefficient (Wildman–Crippen LogP) is 0.254. The van der Waals surface area contributed by atoms with Gasteiger partial charge in [-0.05, 0) is 12.8 Å². The van der Waals surface area contributed by atoms with Gasteiger partial charge in [0.1, 0.15) is 0 Å². The maximum Gasteiger partial charge on any atom is 0.208 e. The summed E-state index contributed by atoms with van der Waals surface area (Å²) in [5.74, 6) is 0. The summed E-state index contributed by atoms with van der Waals surface area (Å²) in [6.07, 6.45) is 6.82. The highest BCUT2D eigenvalue weighted by molar-refractivity contribution is 7.88. The first-order valence-electron chi connectivity index (χ1n) is 3.20.